The summed E-state index contributed by atoms with van der Waals surface area (Å²) in [6.07, 6.45) is 0. The van der Waals surface area contributed by atoms with Crippen LogP contribution in [0.25, 0.3) is 5.69 Å². The number of aromatic nitrogens is 4. The highest BCUT2D eigenvalue weighted by Crippen LogP contribution is 2.07. The third kappa shape index (κ3) is 1.88. The molecule has 0 saturated heterocycles. The van der Waals surface area contributed by atoms with E-state index in [0.717, 1.165) is 11.5 Å². The van der Waals surface area contributed by atoms with Crippen molar-refractivity contribution < 1.29 is 4.68 Å². The van der Waals surface area contributed by atoms with Gasteiger partial charge in [-0.25, -0.2) is 0 Å². The number of rotatable bonds is 2. The van der Waals surface area contributed by atoms with Gasteiger partial charge in [0.1, 0.15) is 12.7 Å². The molecule has 2 rings (SSSR count). The summed E-state index contributed by atoms with van der Waals surface area (Å²) in [5.74, 6) is 1.34. The van der Waals surface area contributed by atoms with Gasteiger partial charge in [0.2, 0.25) is 0 Å². The van der Waals surface area contributed by atoms with E-state index in [4.69, 9.17) is 0 Å². The molecule has 0 aliphatic heterocycles. The van der Waals surface area contributed by atoms with Gasteiger partial charge in [-0.15, -0.1) is 4.68 Å². The lowest BCUT2D eigenvalue weighted by Gasteiger charge is -1.98. The van der Waals surface area contributed by atoms with Crippen molar-refractivity contribution in [1.82, 2.24) is 15.1 Å². The number of para-hydroxylation sites is 1. The summed E-state index contributed by atoms with van der Waals surface area (Å²) in [6, 6.07) is 10.1. The topological polar surface area (TPSA) is 34.6 Å². The van der Waals surface area contributed by atoms with E-state index in [1.54, 1.807) is 4.80 Å². The highest BCUT2D eigenvalue weighted by atomic mass is 15.6. The van der Waals surface area contributed by atoms with E-state index in [1.807, 2.05) is 42.1 Å². The van der Waals surface area contributed by atoms with Crippen LogP contribution < -0.4 is 4.68 Å². The van der Waals surface area contributed by atoms with E-state index >= 15 is 0 Å². The van der Waals surface area contributed by atoms with Crippen LogP contribution in [0.1, 0.15) is 25.6 Å². The molecule has 4 heteroatoms. The van der Waals surface area contributed by atoms with Crippen molar-refractivity contribution in [1.29, 1.82) is 0 Å². The van der Waals surface area contributed by atoms with Crippen molar-refractivity contribution in [2.24, 2.45) is 7.05 Å². The first-order valence-electron chi connectivity index (χ1n) is 5.07. The van der Waals surface area contributed by atoms with Gasteiger partial charge in [-0.05, 0) is 16.9 Å². The molecule has 0 aliphatic rings. The Morgan fingerprint density at radius 1 is 1.20 bits per heavy atom. The Balaban J connectivity index is 2.53. The molecule has 4 nitrogen and oxygen atoms in total. The monoisotopic (exact) mass is 203 g/mol. The molecule has 0 radical (unpaired) electrons. The standard InChI is InChI=1S/C11H15N4/c1-9(2)11-12-14(3)13-15(11)10-7-5-4-6-8-10/h4-9H,1-3H3/q+1. The number of hydrogen-bond acceptors (Lipinski definition) is 2. The molecule has 2 aromatic rings. The summed E-state index contributed by atoms with van der Waals surface area (Å²) in [5, 5.41) is 8.68. The Kier molecular flexibility index (Phi) is 2.49. The minimum atomic E-state index is 0.360. The van der Waals surface area contributed by atoms with Crippen LogP contribution in [0.3, 0.4) is 0 Å². The molecule has 15 heavy (non-hydrogen) atoms. The largest absolute Gasteiger partial charge is 0.306 e. The lowest BCUT2D eigenvalue weighted by molar-refractivity contribution is -0.670. The molecule has 1 aromatic carbocycles. The highest BCUT2D eigenvalue weighted by Gasteiger charge is 2.21. The lowest BCUT2D eigenvalue weighted by atomic mass is 10.2. The average Bonchev–Trinajstić information content (AvgIpc) is 2.62. The second-order valence-electron chi connectivity index (χ2n) is 3.84. The Hall–Kier alpha value is -1.71. The van der Waals surface area contributed by atoms with Crippen LogP contribution in [0.4, 0.5) is 0 Å². The maximum absolute atomic E-state index is 4.36. The van der Waals surface area contributed by atoms with E-state index in [1.165, 1.54) is 0 Å². The molecule has 0 bridgehead atoms. The van der Waals surface area contributed by atoms with Crippen molar-refractivity contribution in [3.05, 3.63) is 36.2 Å². The number of tetrazole rings is 1. The summed E-state index contributed by atoms with van der Waals surface area (Å²) in [7, 11) is 1.84. The number of benzene rings is 1. The van der Waals surface area contributed by atoms with Gasteiger partial charge in [0.05, 0.1) is 10.3 Å². The first-order valence-corrected chi connectivity index (χ1v) is 5.07. The predicted octanol–water partition coefficient (Wildman–Crippen LogP) is 1.22. The Bertz CT molecular complexity index is 445. The molecule has 0 aliphatic carbocycles. The van der Waals surface area contributed by atoms with E-state index < -0.39 is 0 Å². The number of hydrogen-bond donors (Lipinski definition) is 0. The fraction of sp³-hybridized carbons (Fsp3) is 0.364. The first kappa shape index (κ1) is 9.83. The van der Waals surface area contributed by atoms with E-state index in [0.29, 0.717) is 5.92 Å². The molecule has 0 spiro atoms. The summed E-state index contributed by atoms with van der Waals surface area (Å²) in [5.41, 5.74) is 1.05. The van der Waals surface area contributed by atoms with Crippen molar-refractivity contribution in [2.45, 2.75) is 19.8 Å². The second-order valence-corrected chi connectivity index (χ2v) is 3.84. The lowest BCUT2D eigenvalue weighted by Crippen LogP contribution is -2.38. The Labute approximate surface area is 89.1 Å². The first-order chi connectivity index (χ1) is 7.18. The molecule has 1 aromatic heterocycles. The van der Waals surface area contributed by atoms with Gasteiger partial charge in [0.25, 0.3) is 0 Å². The molecule has 1 heterocycles. The van der Waals surface area contributed by atoms with E-state index in [-0.39, 0.29) is 0 Å². The van der Waals surface area contributed by atoms with Crippen molar-refractivity contribution in [3.8, 4) is 5.69 Å². The maximum atomic E-state index is 4.36. The SMILES string of the molecule is CC(C)c1nn(C)n[n+]1-c1ccccc1. The van der Waals surface area contributed by atoms with Crippen LogP contribution in [-0.4, -0.2) is 15.1 Å². The van der Waals surface area contributed by atoms with Crippen molar-refractivity contribution >= 4 is 0 Å². The molecule has 78 valence electrons. The van der Waals surface area contributed by atoms with Gasteiger partial charge >= 0.3 is 5.82 Å². The predicted molar refractivity (Wildman–Crippen MR) is 56.6 cm³/mol. The smallest absolute Gasteiger partial charge is 0.102 e. The van der Waals surface area contributed by atoms with Crippen LogP contribution in [0.2, 0.25) is 0 Å². The molecule has 0 fully saturated rings. The van der Waals surface area contributed by atoms with Gasteiger partial charge < -0.3 is 0 Å². The van der Waals surface area contributed by atoms with Crippen molar-refractivity contribution in [2.75, 3.05) is 0 Å². The van der Waals surface area contributed by atoms with Crippen LogP contribution >= 0.6 is 0 Å². The summed E-state index contributed by atoms with van der Waals surface area (Å²) in [4.78, 5) is 1.60. The fourth-order valence-corrected chi connectivity index (χ4v) is 1.50. The number of aryl methyl sites for hydroxylation is 1. The van der Waals surface area contributed by atoms with Crippen LogP contribution in [0, 0.1) is 0 Å². The van der Waals surface area contributed by atoms with E-state index in [9.17, 15) is 0 Å². The third-order valence-electron chi connectivity index (χ3n) is 2.20. The zero-order valence-electron chi connectivity index (χ0n) is 9.25. The summed E-state index contributed by atoms with van der Waals surface area (Å²) in [6.45, 7) is 4.23. The highest BCUT2D eigenvalue weighted by molar-refractivity contribution is 5.21. The van der Waals surface area contributed by atoms with Gasteiger partial charge in [-0.1, -0.05) is 32.0 Å². The molecular formula is C11H15N4+. The number of nitrogens with zero attached hydrogens (tertiary/aromatic N) is 4. The summed E-state index contributed by atoms with van der Waals surface area (Å²) < 4.78 is 1.88. The molecule has 0 saturated carbocycles. The minimum Gasteiger partial charge on any atom is -0.102 e. The Morgan fingerprint density at radius 3 is 2.47 bits per heavy atom. The molecule has 0 amide bonds. The van der Waals surface area contributed by atoms with Crippen LogP contribution in [0.5, 0.6) is 0 Å². The normalized spacial score (nSPS) is 10.9. The maximum Gasteiger partial charge on any atom is 0.306 e. The zero-order valence-corrected chi connectivity index (χ0v) is 9.25. The third-order valence-corrected chi connectivity index (χ3v) is 2.20. The molecule has 0 unspecified atom stereocenters. The van der Waals surface area contributed by atoms with Crippen LogP contribution in [0.15, 0.2) is 30.3 Å². The Morgan fingerprint density at radius 2 is 1.87 bits per heavy atom. The van der Waals surface area contributed by atoms with Gasteiger partial charge in [-0.2, -0.15) is 0 Å². The van der Waals surface area contributed by atoms with E-state index in [2.05, 4.69) is 24.2 Å². The summed E-state index contributed by atoms with van der Waals surface area (Å²) >= 11 is 0. The minimum absolute atomic E-state index is 0.360. The van der Waals surface area contributed by atoms with Gasteiger partial charge in [0.15, 0.2) is 0 Å². The van der Waals surface area contributed by atoms with Gasteiger partial charge in [-0.3, -0.25) is 0 Å². The molecular weight excluding hydrogens is 188 g/mol. The second kappa shape index (κ2) is 3.81. The van der Waals surface area contributed by atoms with Gasteiger partial charge in [0, 0.05) is 5.92 Å². The zero-order chi connectivity index (χ0) is 10.8. The van der Waals surface area contributed by atoms with Crippen LogP contribution in [-0.2, 0) is 7.05 Å². The fourth-order valence-electron chi connectivity index (χ4n) is 1.50. The average molecular weight is 203 g/mol. The quantitative estimate of drug-likeness (QED) is 0.688. The molecule has 0 N–H and O–H groups in total. The van der Waals surface area contributed by atoms with Crippen molar-refractivity contribution in [3.63, 3.8) is 0 Å². The molecule has 0 atom stereocenters.